The van der Waals surface area contributed by atoms with Gasteiger partial charge in [-0.2, -0.15) is 0 Å². The lowest BCUT2D eigenvalue weighted by Gasteiger charge is -2.21. The van der Waals surface area contributed by atoms with Gasteiger partial charge in [-0.1, -0.05) is 41.5 Å². The van der Waals surface area contributed by atoms with Crippen molar-refractivity contribution < 1.29 is 4.79 Å². The van der Waals surface area contributed by atoms with Gasteiger partial charge in [-0.05, 0) is 11.3 Å². The number of hydrogen-bond donors (Lipinski definition) is 0. The quantitative estimate of drug-likeness (QED) is 0.635. The van der Waals surface area contributed by atoms with Crippen molar-refractivity contribution in [3.8, 4) is 0 Å². The number of carbonyl (C=O) groups is 1. The van der Waals surface area contributed by atoms with E-state index in [-0.39, 0.29) is 11.3 Å². The molecule has 72 valence electrons. The second-order valence-corrected chi connectivity index (χ2v) is 5.24. The standard InChI is InChI=1S/C11H22O/c1-8(2)9(3)10(12)7-11(4,5)6/h8-9H,7H2,1-6H3. The van der Waals surface area contributed by atoms with E-state index in [1.165, 1.54) is 0 Å². The van der Waals surface area contributed by atoms with E-state index in [0.29, 0.717) is 18.1 Å². The molecule has 0 aliphatic heterocycles. The lowest BCUT2D eigenvalue weighted by Crippen LogP contribution is -2.22. The van der Waals surface area contributed by atoms with Crippen LogP contribution in [0, 0.1) is 17.3 Å². The van der Waals surface area contributed by atoms with Crippen LogP contribution in [0.5, 0.6) is 0 Å². The maximum Gasteiger partial charge on any atom is 0.136 e. The van der Waals surface area contributed by atoms with Crippen LogP contribution in [-0.4, -0.2) is 5.78 Å². The highest BCUT2D eigenvalue weighted by molar-refractivity contribution is 5.81. The lowest BCUT2D eigenvalue weighted by atomic mass is 9.83. The Morgan fingerprint density at radius 3 is 1.83 bits per heavy atom. The number of rotatable bonds is 3. The van der Waals surface area contributed by atoms with Crippen molar-refractivity contribution in [2.45, 2.75) is 48.0 Å². The molecule has 0 heterocycles. The molecule has 12 heavy (non-hydrogen) atoms. The molecule has 0 fully saturated rings. The highest BCUT2D eigenvalue weighted by Crippen LogP contribution is 2.23. The fourth-order valence-corrected chi connectivity index (χ4v) is 1.06. The SMILES string of the molecule is CC(C)C(C)C(=O)CC(C)(C)C. The molecule has 1 heteroatoms. The first-order valence-corrected chi connectivity index (χ1v) is 4.77. The third kappa shape index (κ3) is 4.53. The van der Waals surface area contributed by atoms with Gasteiger partial charge in [0.05, 0.1) is 0 Å². The third-order valence-corrected chi connectivity index (χ3v) is 2.21. The Kier molecular flexibility index (Phi) is 3.95. The van der Waals surface area contributed by atoms with Crippen molar-refractivity contribution in [3.05, 3.63) is 0 Å². The average Bonchev–Trinajstić information content (AvgIpc) is 1.82. The molecule has 0 bridgehead atoms. The first kappa shape index (κ1) is 11.7. The Labute approximate surface area is 76.6 Å². The van der Waals surface area contributed by atoms with Crippen molar-refractivity contribution in [2.75, 3.05) is 0 Å². The van der Waals surface area contributed by atoms with Crippen LogP contribution in [0.2, 0.25) is 0 Å². The van der Waals surface area contributed by atoms with E-state index in [2.05, 4.69) is 34.6 Å². The molecule has 0 aliphatic rings. The topological polar surface area (TPSA) is 17.1 Å². The van der Waals surface area contributed by atoms with E-state index in [9.17, 15) is 4.79 Å². The number of ketones is 1. The van der Waals surface area contributed by atoms with E-state index in [1.807, 2.05) is 6.92 Å². The van der Waals surface area contributed by atoms with E-state index < -0.39 is 0 Å². The van der Waals surface area contributed by atoms with Crippen LogP contribution in [0.25, 0.3) is 0 Å². The van der Waals surface area contributed by atoms with E-state index in [0.717, 1.165) is 0 Å². The summed E-state index contributed by atoms with van der Waals surface area (Å²) >= 11 is 0. The van der Waals surface area contributed by atoms with E-state index >= 15 is 0 Å². The Bertz CT molecular complexity index is 151. The molecule has 0 radical (unpaired) electrons. The van der Waals surface area contributed by atoms with Gasteiger partial charge in [0, 0.05) is 12.3 Å². The van der Waals surface area contributed by atoms with Crippen LogP contribution in [0.15, 0.2) is 0 Å². The molecule has 0 aromatic rings. The summed E-state index contributed by atoms with van der Waals surface area (Å²) in [6.07, 6.45) is 0.701. The lowest BCUT2D eigenvalue weighted by molar-refractivity contribution is -0.125. The second kappa shape index (κ2) is 4.06. The van der Waals surface area contributed by atoms with Crippen molar-refractivity contribution in [1.82, 2.24) is 0 Å². The fraction of sp³-hybridized carbons (Fsp3) is 0.909. The monoisotopic (exact) mass is 170 g/mol. The van der Waals surface area contributed by atoms with Crippen LogP contribution < -0.4 is 0 Å². The van der Waals surface area contributed by atoms with E-state index in [1.54, 1.807) is 0 Å². The molecule has 0 aromatic heterocycles. The third-order valence-electron chi connectivity index (χ3n) is 2.21. The minimum atomic E-state index is 0.139. The molecule has 1 nitrogen and oxygen atoms in total. The van der Waals surface area contributed by atoms with Crippen molar-refractivity contribution in [2.24, 2.45) is 17.3 Å². The normalized spacial score (nSPS) is 14.9. The summed E-state index contributed by atoms with van der Waals surface area (Å²) in [7, 11) is 0. The zero-order valence-corrected chi connectivity index (χ0v) is 9.27. The maximum atomic E-state index is 11.6. The van der Waals surface area contributed by atoms with Gasteiger partial charge < -0.3 is 0 Å². The summed E-state index contributed by atoms with van der Waals surface area (Å²) in [5.74, 6) is 1.08. The summed E-state index contributed by atoms with van der Waals surface area (Å²) in [5.41, 5.74) is 0.139. The molecule has 1 atom stereocenters. The number of Topliss-reactive ketones (excluding diaryl/α,β-unsaturated/α-hetero) is 1. The smallest absolute Gasteiger partial charge is 0.136 e. The summed E-state index contributed by atoms with van der Waals surface area (Å²) in [6.45, 7) is 12.6. The molecule has 0 amide bonds. The highest BCUT2D eigenvalue weighted by atomic mass is 16.1. The van der Waals surface area contributed by atoms with Crippen LogP contribution in [-0.2, 0) is 4.79 Å². The van der Waals surface area contributed by atoms with Gasteiger partial charge in [0.25, 0.3) is 0 Å². The molecule has 0 saturated heterocycles. The summed E-state index contributed by atoms with van der Waals surface area (Å²) < 4.78 is 0. The Morgan fingerprint density at radius 2 is 1.58 bits per heavy atom. The predicted molar refractivity (Wildman–Crippen MR) is 53.1 cm³/mol. The summed E-state index contributed by atoms with van der Waals surface area (Å²) in [4.78, 5) is 11.6. The Balaban J connectivity index is 4.05. The van der Waals surface area contributed by atoms with Crippen LogP contribution in [0.3, 0.4) is 0 Å². The van der Waals surface area contributed by atoms with Crippen LogP contribution in [0.4, 0.5) is 0 Å². The van der Waals surface area contributed by atoms with Crippen molar-refractivity contribution in [1.29, 1.82) is 0 Å². The minimum absolute atomic E-state index is 0.139. The maximum absolute atomic E-state index is 11.6. The number of hydrogen-bond acceptors (Lipinski definition) is 1. The average molecular weight is 170 g/mol. The molecule has 0 spiro atoms. The molecular formula is C11H22O. The molecule has 1 unspecified atom stereocenters. The van der Waals surface area contributed by atoms with Crippen molar-refractivity contribution in [3.63, 3.8) is 0 Å². The highest BCUT2D eigenvalue weighted by Gasteiger charge is 2.22. The first-order chi connectivity index (χ1) is 5.24. The first-order valence-electron chi connectivity index (χ1n) is 4.77. The molecule has 0 aromatic carbocycles. The molecular weight excluding hydrogens is 148 g/mol. The van der Waals surface area contributed by atoms with Gasteiger partial charge in [-0.15, -0.1) is 0 Å². The zero-order valence-electron chi connectivity index (χ0n) is 9.27. The minimum Gasteiger partial charge on any atom is -0.299 e. The molecule has 0 saturated carbocycles. The largest absolute Gasteiger partial charge is 0.299 e. The van der Waals surface area contributed by atoms with Gasteiger partial charge in [-0.25, -0.2) is 0 Å². The summed E-state index contributed by atoms with van der Waals surface area (Å²) in [5, 5.41) is 0. The van der Waals surface area contributed by atoms with Crippen LogP contribution in [0.1, 0.15) is 48.0 Å². The Hall–Kier alpha value is -0.330. The number of carbonyl (C=O) groups excluding carboxylic acids is 1. The van der Waals surface area contributed by atoms with E-state index in [4.69, 9.17) is 0 Å². The van der Waals surface area contributed by atoms with Gasteiger partial charge in [0.1, 0.15) is 5.78 Å². The second-order valence-electron chi connectivity index (χ2n) is 5.24. The molecule has 0 aliphatic carbocycles. The zero-order chi connectivity index (χ0) is 9.94. The predicted octanol–water partition coefficient (Wildman–Crippen LogP) is 3.28. The summed E-state index contributed by atoms with van der Waals surface area (Å²) in [6, 6.07) is 0. The van der Waals surface area contributed by atoms with Crippen LogP contribution >= 0.6 is 0 Å². The van der Waals surface area contributed by atoms with Gasteiger partial charge >= 0.3 is 0 Å². The Morgan fingerprint density at radius 1 is 1.17 bits per heavy atom. The molecule has 0 N–H and O–H groups in total. The van der Waals surface area contributed by atoms with Crippen molar-refractivity contribution >= 4 is 5.78 Å². The fourth-order valence-electron chi connectivity index (χ4n) is 1.06. The van der Waals surface area contributed by atoms with Gasteiger partial charge in [0.2, 0.25) is 0 Å². The molecule has 0 rings (SSSR count). The van der Waals surface area contributed by atoms with Gasteiger partial charge in [-0.3, -0.25) is 4.79 Å². The van der Waals surface area contributed by atoms with Gasteiger partial charge in [0.15, 0.2) is 0 Å².